The van der Waals surface area contributed by atoms with E-state index in [4.69, 9.17) is 17.3 Å². The number of phenols is 1. The van der Waals surface area contributed by atoms with Crippen LogP contribution in [0.5, 0.6) is 5.75 Å². The molecule has 2 aromatic carbocycles. The lowest BCUT2D eigenvalue weighted by Crippen LogP contribution is -2.45. The number of hydrogen-bond donors (Lipinski definition) is 3. The Morgan fingerprint density at radius 2 is 1.90 bits per heavy atom. The SMILES string of the molecule is CC(N)(C(=O)Nc1ccc(O)c(Cl)c1)c1ccccc1. The summed E-state index contributed by atoms with van der Waals surface area (Å²) >= 11 is 5.80. The van der Waals surface area contributed by atoms with Crippen LogP contribution in [-0.2, 0) is 10.3 Å². The highest BCUT2D eigenvalue weighted by Gasteiger charge is 2.30. The normalized spacial score (nSPS) is 13.6. The van der Waals surface area contributed by atoms with Gasteiger partial charge in [0.1, 0.15) is 11.3 Å². The van der Waals surface area contributed by atoms with Crippen molar-refractivity contribution in [3.8, 4) is 5.75 Å². The first-order valence-corrected chi connectivity index (χ1v) is 6.43. The largest absolute Gasteiger partial charge is 0.506 e. The molecule has 1 amide bonds. The molecule has 4 N–H and O–H groups in total. The van der Waals surface area contributed by atoms with E-state index in [2.05, 4.69) is 5.32 Å². The molecule has 0 spiro atoms. The van der Waals surface area contributed by atoms with E-state index in [0.717, 1.165) is 0 Å². The topological polar surface area (TPSA) is 75.4 Å². The van der Waals surface area contributed by atoms with Gasteiger partial charge in [-0.25, -0.2) is 0 Å². The Bertz CT molecular complexity index is 627. The summed E-state index contributed by atoms with van der Waals surface area (Å²) in [6, 6.07) is 13.5. The van der Waals surface area contributed by atoms with Gasteiger partial charge in [0.15, 0.2) is 0 Å². The molecule has 0 radical (unpaired) electrons. The van der Waals surface area contributed by atoms with Crippen molar-refractivity contribution in [2.24, 2.45) is 5.73 Å². The number of carbonyl (C=O) groups excluding carboxylic acids is 1. The van der Waals surface area contributed by atoms with Gasteiger partial charge in [-0.3, -0.25) is 4.79 Å². The van der Waals surface area contributed by atoms with Crippen molar-refractivity contribution in [2.75, 3.05) is 5.32 Å². The Balaban J connectivity index is 2.21. The Morgan fingerprint density at radius 3 is 2.50 bits per heavy atom. The molecule has 0 aliphatic carbocycles. The molecule has 1 atom stereocenters. The van der Waals surface area contributed by atoms with Crippen molar-refractivity contribution < 1.29 is 9.90 Å². The van der Waals surface area contributed by atoms with E-state index in [1.807, 2.05) is 18.2 Å². The Kier molecular flexibility index (Phi) is 3.97. The van der Waals surface area contributed by atoms with E-state index >= 15 is 0 Å². The number of amides is 1. The van der Waals surface area contributed by atoms with Gasteiger partial charge in [0, 0.05) is 5.69 Å². The van der Waals surface area contributed by atoms with Crippen LogP contribution in [0.1, 0.15) is 12.5 Å². The zero-order chi connectivity index (χ0) is 14.8. The average Bonchev–Trinajstić information content (AvgIpc) is 2.44. The monoisotopic (exact) mass is 290 g/mol. The summed E-state index contributed by atoms with van der Waals surface area (Å²) in [5.74, 6) is -0.395. The molecular formula is C15H15ClN2O2. The zero-order valence-corrected chi connectivity index (χ0v) is 11.7. The predicted octanol–water partition coefficient (Wildman–Crippen LogP) is 2.86. The second-order valence-electron chi connectivity index (χ2n) is 4.69. The quantitative estimate of drug-likeness (QED) is 0.761. The number of halogens is 1. The Hall–Kier alpha value is -2.04. The summed E-state index contributed by atoms with van der Waals surface area (Å²) in [4.78, 5) is 12.3. The van der Waals surface area contributed by atoms with Crippen molar-refractivity contribution in [3.63, 3.8) is 0 Å². The van der Waals surface area contributed by atoms with Crippen molar-refractivity contribution in [1.82, 2.24) is 0 Å². The van der Waals surface area contributed by atoms with Gasteiger partial charge in [-0.15, -0.1) is 0 Å². The molecule has 0 aliphatic heterocycles. The van der Waals surface area contributed by atoms with Crippen LogP contribution in [0.2, 0.25) is 5.02 Å². The molecule has 20 heavy (non-hydrogen) atoms. The molecule has 0 saturated heterocycles. The number of nitrogens with two attached hydrogens (primary N) is 1. The second kappa shape index (κ2) is 5.53. The fraction of sp³-hybridized carbons (Fsp3) is 0.133. The maximum Gasteiger partial charge on any atom is 0.248 e. The van der Waals surface area contributed by atoms with Gasteiger partial charge in [-0.05, 0) is 30.7 Å². The summed E-state index contributed by atoms with van der Waals surface area (Å²) in [6.45, 7) is 1.64. The minimum Gasteiger partial charge on any atom is -0.506 e. The first kappa shape index (κ1) is 14.4. The van der Waals surface area contributed by atoms with E-state index in [0.29, 0.717) is 11.3 Å². The molecule has 5 heteroatoms. The number of hydrogen-bond acceptors (Lipinski definition) is 3. The van der Waals surface area contributed by atoms with Crippen molar-refractivity contribution in [1.29, 1.82) is 0 Å². The van der Waals surface area contributed by atoms with Crippen LogP contribution < -0.4 is 11.1 Å². The van der Waals surface area contributed by atoms with Crippen LogP contribution in [0, 0.1) is 0 Å². The van der Waals surface area contributed by atoms with Crippen molar-refractivity contribution in [3.05, 3.63) is 59.1 Å². The Morgan fingerprint density at radius 1 is 1.25 bits per heavy atom. The number of anilines is 1. The minimum atomic E-state index is -1.16. The molecule has 0 saturated carbocycles. The lowest BCUT2D eigenvalue weighted by molar-refractivity contribution is -0.120. The third kappa shape index (κ3) is 2.92. The average molecular weight is 291 g/mol. The molecule has 4 nitrogen and oxygen atoms in total. The fourth-order valence-electron chi connectivity index (χ4n) is 1.76. The number of rotatable bonds is 3. The maximum absolute atomic E-state index is 12.3. The number of benzene rings is 2. The van der Waals surface area contributed by atoms with Gasteiger partial charge in [0.05, 0.1) is 5.02 Å². The van der Waals surface area contributed by atoms with Crippen LogP contribution in [-0.4, -0.2) is 11.0 Å². The van der Waals surface area contributed by atoms with Gasteiger partial charge in [-0.1, -0.05) is 41.9 Å². The highest BCUT2D eigenvalue weighted by molar-refractivity contribution is 6.32. The van der Waals surface area contributed by atoms with E-state index in [1.54, 1.807) is 25.1 Å². The first-order chi connectivity index (χ1) is 9.41. The molecule has 0 heterocycles. The molecule has 0 aliphatic rings. The summed E-state index contributed by atoms with van der Waals surface area (Å²) in [6.07, 6.45) is 0. The summed E-state index contributed by atoms with van der Waals surface area (Å²) < 4.78 is 0. The van der Waals surface area contributed by atoms with E-state index < -0.39 is 5.54 Å². The number of aromatic hydroxyl groups is 1. The molecule has 2 rings (SSSR count). The number of carbonyl (C=O) groups is 1. The molecular weight excluding hydrogens is 276 g/mol. The first-order valence-electron chi connectivity index (χ1n) is 6.05. The molecule has 0 bridgehead atoms. The molecule has 2 aromatic rings. The van der Waals surface area contributed by atoms with Crippen molar-refractivity contribution in [2.45, 2.75) is 12.5 Å². The molecule has 104 valence electrons. The van der Waals surface area contributed by atoms with Gasteiger partial charge in [-0.2, -0.15) is 0 Å². The smallest absolute Gasteiger partial charge is 0.248 e. The Labute approximate surface area is 122 Å². The number of nitrogens with one attached hydrogen (secondary N) is 1. The third-order valence-electron chi connectivity index (χ3n) is 3.05. The van der Waals surface area contributed by atoms with Crippen LogP contribution in [0.4, 0.5) is 5.69 Å². The van der Waals surface area contributed by atoms with Crippen LogP contribution in [0.3, 0.4) is 0 Å². The fourth-order valence-corrected chi connectivity index (χ4v) is 1.94. The van der Waals surface area contributed by atoms with E-state index in [-0.39, 0.29) is 16.7 Å². The van der Waals surface area contributed by atoms with Crippen molar-refractivity contribution >= 4 is 23.2 Å². The summed E-state index contributed by atoms with van der Waals surface area (Å²) in [7, 11) is 0. The molecule has 1 unspecified atom stereocenters. The minimum absolute atomic E-state index is 0.0387. The summed E-state index contributed by atoms with van der Waals surface area (Å²) in [5, 5.41) is 12.2. The van der Waals surface area contributed by atoms with Gasteiger partial charge >= 0.3 is 0 Å². The molecule has 0 fully saturated rings. The van der Waals surface area contributed by atoms with Crippen LogP contribution >= 0.6 is 11.6 Å². The van der Waals surface area contributed by atoms with E-state index in [1.165, 1.54) is 12.1 Å². The lowest BCUT2D eigenvalue weighted by Gasteiger charge is -2.24. The second-order valence-corrected chi connectivity index (χ2v) is 5.10. The van der Waals surface area contributed by atoms with Gasteiger partial charge < -0.3 is 16.2 Å². The zero-order valence-electron chi connectivity index (χ0n) is 10.9. The number of phenolic OH excluding ortho intramolecular Hbond substituents is 1. The standard InChI is InChI=1S/C15H15ClN2O2/c1-15(17,10-5-3-2-4-6-10)14(20)18-11-7-8-13(19)12(16)9-11/h2-9,19H,17H2,1H3,(H,18,20). The van der Waals surface area contributed by atoms with Crippen LogP contribution in [0.15, 0.2) is 48.5 Å². The summed E-state index contributed by atoms with van der Waals surface area (Å²) in [5.41, 5.74) is 6.13. The van der Waals surface area contributed by atoms with E-state index in [9.17, 15) is 9.90 Å². The third-order valence-corrected chi connectivity index (χ3v) is 3.35. The highest BCUT2D eigenvalue weighted by atomic mass is 35.5. The molecule has 0 aromatic heterocycles. The maximum atomic E-state index is 12.3. The predicted molar refractivity (Wildman–Crippen MR) is 79.7 cm³/mol. The van der Waals surface area contributed by atoms with Gasteiger partial charge in [0.25, 0.3) is 0 Å². The highest BCUT2D eigenvalue weighted by Crippen LogP contribution is 2.27. The lowest BCUT2D eigenvalue weighted by atomic mass is 9.92. The van der Waals surface area contributed by atoms with Crippen LogP contribution in [0.25, 0.3) is 0 Å². The van der Waals surface area contributed by atoms with Gasteiger partial charge in [0.2, 0.25) is 5.91 Å².